The fourth-order valence-electron chi connectivity index (χ4n) is 1.13. The molecule has 1 atom stereocenters. The van der Waals surface area contributed by atoms with E-state index >= 15 is 0 Å². The van der Waals surface area contributed by atoms with Crippen molar-refractivity contribution in [2.45, 2.75) is 46.1 Å². The molecule has 0 heterocycles. The number of nitrogens with one attached hydrogen (secondary N) is 1. The smallest absolute Gasteiger partial charge is 0.237 e. The Kier molecular flexibility index (Phi) is 6.52. The van der Waals surface area contributed by atoms with Gasteiger partial charge >= 0.3 is 0 Å². The third kappa shape index (κ3) is 6.47. The Labute approximate surface area is 92.2 Å². The normalized spacial score (nSPS) is 13.7. The largest absolute Gasteiger partial charge is 0.396 e. The van der Waals surface area contributed by atoms with Gasteiger partial charge in [0.1, 0.15) is 0 Å². The summed E-state index contributed by atoms with van der Waals surface area (Å²) in [4.78, 5) is 11.5. The van der Waals surface area contributed by atoms with Crippen LogP contribution in [0.1, 0.15) is 40.0 Å². The van der Waals surface area contributed by atoms with Crippen molar-refractivity contribution in [2.24, 2.45) is 11.1 Å². The monoisotopic (exact) mass is 216 g/mol. The molecule has 0 radical (unpaired) electrons. The standard InChI is InChI=1S/C11H24N2O2/c1-11(2,3)9(12)10(15)13-7-5-4-6-8-14/h9,14H,4-8,12H2,1-3H3,(H,13,15). The lowest BCUT2D eigenvalue weighted by molar-refractivity contribution is -0.124. The number of carbonyl (C=O) groups excluding carboxylic acids is 1. The quantitative estimate of drug-likeness (QED) is 0.570. The molecule has 1 unspecified atom stereocenters. The molecule has 0 saturated heterocycles. The average Bonchev–Trinajstić information content (AvgIpc) is 2.14. The van der Waals surface area contributed by atoms with Gasteiger partial charge in [0.05, 0.1) is 6.04 Å². The molecule has 1 amide bonds. The zero-order chi connectivity index (χ0) is 11.9. The van der Waals surface area contributed by atoms with Crippen molar-refractivity contribution in [3.8, 4) is 0 Å². The van der Waals surface area contributed by atoms with Gasteiger partial charge < -0.3 is 16.2 Å². The first kappa shape index (κ1) is 14.4. The number of carbonyl (C=O) groups is 1. The summed E-state index contributed by atoms with van der Waals surface area (Å²) >= 11 is 0. The summed E-state index contributed by atoms with van der Waals surface area (Å²) in [6.07, 6.45) is 2.62. The van der Waals surface area contributed by atoms with Gasteiger partial charge in [-0.3, -0.25) is 4.79 Å². The summed E-state index contributed by atoms with van der Waals surface area (Å²) in [5.74, 6) is -0.0912. The number of aliphatic hydroxyl groups excluding tert-OH is 1. The Morgan fingerprint density at radius 2 is 1.93 bits per heavy atom. The highest BCUT2D eigenvalue weighted by atomic mass is 16.2. The molecule has 0 aromatic rings. The van der Waals surface area contributed by atoms with E-state index in [9.17, 15) is 4.79 Å². The maximum atomic E-state index is 11.5. The lowest BCUT2D eigenvalue weighted by Gasteiger charge is -2.25. The molecule has 15 heavy (non-hydrogen) atoms. The van der Waals surface area contributed by atoms with Crippen LogP contribution in [0.25, 0.3) is 0 Å². The van der Waals surface area contributed by atoms with E-state index in [0.717, 1.165) is 19.3 Å². The van der Waals surface area contributed by atoms with E-state index in [0.29, 0.717) is 6.54 Å². The van der Waals surface area contributed by atoms with Crippen molar-refractivity contribution in [1.82, 2.24) is 5.32 Å². The van der Waals surface area contributed by atoms with Crippen molar-refractivity contribution in [2.75, 3.05) is 13.2 Å². The second-order valence-electron chi connectivity index (χ2n) is 4.92. The Morgan fingerprint density at radius 1 is 1.33 bits per heavy atom. The number of hydrogen-bond acceptors (Lipinski definition) is 3. The third-order valence-electron chi connectivity index (χ3n) is 2.35. The van der Waals surface area contributed by atoms with Gasteiger partial charge in [0, 0.05) is 13.2 Å². The highest BCUT2D eigenvalue weighted by Gasteiger charge is 2.26. The molecular formula is C11H24N2O2. The summed E-state index contributed by atoms with van der Waals surface area (Å²) < 4.78 is 0. The first-order valence-corrected chi connectivity index (χ1v) is 5.53. The van der Waals surface area contributed by atoms with E-state index < -0.39 is 6.04 Å². The fourth-order valence-corrected chi connectivity index (χ4v) is 1.13. The second kappa shape index (κ2) is 6.80. The molecule has 4 heteroatoms. The second-order valence-corrected chi connectivity index (χ2v) is 4.92. The summed E-state index contributed by atoms with van der Waals surface area (Å²) in [6.45, 7) is 6.70. The number of hydrogen-bond donors (Lipinski definition) is 3. The summed E-state index contributed by atoms with van der Waals surface area (Å²) in [7, 11) is 0. The lowest BCUT2D eigenvalue weighted by Crippen LogP contribution is -2.48. The van der Waals surface area contributed by atoms with Gasteiger partial charge in [0.15, 0.2) is 0 Å². The van der Waals surface area contributed by atoms with Gasteiger partial charge in [-0.05, 0) is 24.7 Å². The zero-order valence-electron chi connectivity index (χ0n) is 10.0. The first-order chi connectivity index (χ1) is 6.89. The van der Waals surface area contributed by atoms with E-state index in [1.54, 1.807) is 0 Å². The van der Waals surface area contributed by atoms with Crippen molar-refractivity contribution >= 4 is 5.91 Å². The molecule has 4 N–H and O–H groups in total. The first-order valence-electron chi connectivity index (χ1n) is 5.53. The molecule has 4 nitrogen and oxygen atoms in total. The number of rotatable bonds is 6. The predicted molar refractivity (Wildman–Crippen MR) is 61.4 cm³/mol. The van der Waals surface area contributed by atoms with Crippen LogP contribution in [0.5, 0.6) is 0 Å². The van der Waals surface area contributed by atoms with Crippen molar-refractivity contribution in [3.05, 3.63) is 0 Å². The molecule has 0 aliphatic carbocycles. The molecular weight excluding hydrogens is 192 g/mol. The van der Waals surface area contributed by atoms with Crippen LogP contribution in [-0.2, 0) is 4.79 Å². The van der Waals surface area contributed by atoms with Crippen LogP contribution in [0.4, 0.5) is 0 Å². The molecule has 0 aromatic heterocycles. The van der Waals surface area contributed by atoms with Gasteiger partial charge in [-0.2, -0.15) is 0 Å². The molecule has 0 rings (SSSR count). The van der Waals surface area contributed by atoms with Crippen LogP contribution in [0, 0.1) is 5.41 Å². The molecule has 90 valence electrons. The van der Waals surface area contributed by atoms with Crippen LogP contribution >= 0.6 is 0 Å². The Bertz CT molecular complexity index is 188. The summed E-state index contributed by atoms with van der Waals surface area (Å²) in [6, 6.07) is -0.463. The van der Waals surface area contributed by atoms with Crippen molar-refractivity contribution in [3.63, 3.8) is 0 Å². The molecule has 0 saturated carbocycles. The Morgan fingerprint density at radius 3 is 2.40 bits per heavy atom. The molecule has 0 fully saturated rings. The van der Waals surface area contributed by atoms with Crippen LogP contribution < -0.4 is 11.1 Å². The van der Waals surface area contributed by atoms with Crippen LogP contribution in [0.2, 0.25) is 0 Å². The molecule has 0 spiro atoms. The van der Waals surface area contributed by atoms with Crippen molar-refractivity contribution < 1.29 is 9.90 Å². The number of unbranched alkanes of at least 4 members (excludes halogenated alkanes) is 2. The lowest BCUT2D eigenvalue weighted by atomic mass is 9.87. The minimum Gasteiger partial charge on any atom is -0.396 e. The van der Waals surface area contributed by atoms with Gasteiger partial charge in [-0.1, -0.05) is 20.8 Å². The van der Waals surface area contributed by atoms with E-state index in [1.807, 2.05) is 20.8 Å². The SMILES string of the molecule is CC(C)(C)C(N)C(=O)NCCCCCO. The number of aliphatic hydroxyl groups is 1. The minimum absolute atomic E-state index is 0.0912. The Hall–Kier alpha value is -0.610. The maximum absolute atomic E-state index is 11.5. The van der Waals surface area contributed by atoms with Gasteiger partial charge in [-0.15, -0.1) is 0 Å². The summed E-state index contributed by atoms with van der Waals surface area (Å²) in [5, 5.41) is 11.4. The van der Waals surface area contributed by atoms with Crippen molar-refractivity contribution in [1.29, 1.82) is 0 Å². The Balaban J connectivity index is 3.66. The van der Waals surface area contributed by atoms with E-state index in [2.05, 4.69) is 5.32 Å². The number of nitrogens with two attached hydrogens (primary N) is 1. The average molecular weight is 216 g/mol. The predicted octanol–water partition coefficient (Wildman–Crippen LogP) is 0.639. The van der Waals surface area contributed by atoms with Crippen LogP contribution in [0.15, 0.2) is 0 Å². The van der Waals surface area contributed by atoms with Gasteiger partial charge in [0.25, 0.3) is 0 Å². The molecule has 0 aromatic carbocycles. The zero-order valence-corrected chi connectivity index (χ0v) is 10.0. The topological polar surface area (TPSA) is 75.4 Å². The summed E-state index contributed by atoms with van der Waals surface area (Å²) in [5.41, 5.74) is 5.58. The van der Waals surface area contributed by atoms with E-state index in [-0.39, 0.29) is 17.9 Å². The highest BCUT2D eigenvalue weighted by Crippen LogP contribution is 2.16. The van der Waals surface area contributed by atoms with E-state index in [1.165, 1.54) is 0 Å². The minimum atomic E-state index is -0.463. The van der Waals surface area contributed by atoms with Crippen LogP contribution in [0.3, 0.4) is 0 Å². The highest BCUT2D eigenvalue weighted by molar-refractivity contribution is 5.82. The molecule has 0 aliphatic rings. The third-order valence-corrected chi connectivity index (χ3v) is 2.35. The van der Waals surface area contributed by atoms with E-state index in [4.69, 9.17) is 10.8 Å². The molecule has 0 aliphatic heterocycles. The fraction of sp³-hybridized carbons (Fsp3) is 0.909. The van der Waals surface area contributed by atoms with Gasteiger partial charge in [-0.25, -0.2) is 0 Å². The number of amides is 1. The molecule has 0 bridgehead atoms. The van der Waals surface area contributed by atoms with Gasteiger partial charge in [0.2, 0.25) is 5.91 Å². The maximum Gasteiger partial charge on any atom is 0.237 e. The van der Waals surface area contributed by atoms with Crippen LogP contribution in [-0.4, -0.2) is 30.2 Å².